The van der Waals surface area contributed by atoms with E-state index >= 15 is 0 Å². The highest BCUT2D eigenvalue weighted by Gasteiger charge is 2.16. The van der Waals surface area contributed by atoms with Crippen molar-refractivity contribution in [3.63, 3.8) is 0 Å². The average molecular weight is 313 g/mol. The topological polar surface area (TPSA) is 0 Å². The Kier molecular flexibility index (Phi) is 12.7. The molecule has 0 aliphatic carbocycles. The molecule has 0 bridgehead atoms. The maximum atomic E-state index is 2.30. The molecule has 0 radical (unpaired) electrons. The lowest BCUT2D eigenvalue weighted by Crippen LogP contribution is -2.12. The predicted molar refractivity (Wildman–Crippen MR) is 108 cm³/mol. The molecule has 0 heterocycles. The molecule has 0 unspecified atom stereocenters. The fourth-order valence-corrected chi connectivity index (χ4v) is 1.25. The zero-order valence-electron chi connectivity index (χ0n) is 18.6. The average Bonchev–Trinajstić information content (AvgIpc) is 2.24. The van der Waals surface area contributed by atoms with Crippen molar-refractivity contribution in [1.29, 1.82) is 0 Å². The van der Waals surface area contributed by atoms with E-state index in [9.17, 15) is 0 Å². The highest BCUT2D eigenvalue weighted by atomic mass is 14.2. The molecule has 0 spiro atoms. The zero-order valence-corrected chi connectivity index (χ0v) is 18.6. The second-order valence-electron chi connectivity index (χ2n) is 10.7. The van der Waals surface area contributed by atoms with E-state index < -0.39 is 0 Å². The van der Waals surface area contributed by atoms with Crippen LogP contribution in [0.3, 0.4) is 0 Å². The monoisotopic (exact) mass is 312 g/mol. The van der Waals surface area contributed by atoms with E-state index in [1.165, 1.54) is 12.8 Å². The second kappa shape index (κ2) is 10.5. The quantitative estimate of drug-likeness (QED) is 0.425. The van der Waals surface area contributed by atoms with Crippen LogP contribution in [0.1, 0.15) is 110 Å². The van der Waals surface area contributed by atoms with Crippen molar-refractivity contribution in [1.82, 2.24) is 0 Å². The maximum Gasteiger partial charge on any atom is -0.0203 e. The van der Waals surface area contributed by atoms with Gasteiger partial charge >= 0.3 is 0 Å². The summed E-state index contributed by atoms with van der Waals surface area (Å²) in [6, 6.07) is 0. The van der Waals surface area contributed by atoms with Gasteiger partial charge in [0, 0.05) is 0 Å². The van der Waals surface area contributed by atoms with Crippen molar-refractivity contribution < 1.29 is 0 Å². The third-order valence-corrected chi connectivity index (χ3v) is 2.71. The number of allylic oxidation sites excluding steroid dienone is 2. The minimum atomic E-state index is 0.327. The molecule has 0 N–H and O–H groups in total. The molecule has 0 fully saturated rings. The lowest BCUT2D eigenvalue weighted by molar-refractivity contribution is 0.275. The second-order valence-corrected chi connectivity index (χ2v) is 10.7. The molecule has 0 amide bonds. The minimum absolute atomic E-state index is 0.327. The van der Waals surface area contributed by atoms with Gasteiger partial charge in [0.15, 0.2) is 0 Å². The van der Waals surface area contributed by atoms with Crippen LogP contribution < -0.4 is 0 Å². The van der Waals surface area contributed by atoms with Crippen LogP contribution in [-0.4, -0.2) is 0 Å². The Morgan fingerprint density at radius 1 is 0.455 bits per heavy atom. The Balaban J connectivity index is -0.000000294. The van der Waals surface area contributed by atoms with Gasteiger partial charge in [0.25, 0.3) is 0 Å². The van der Waals surface area contributed by atoms with Crippen molar-refractivity contribution in [2.75, 3.05) is 0 Å². The Labute approximate surface area is 144 Å². The van der Waals surface area contributed by atoms with Gasteiger partial charge in [0.2, 0.25) is 0 Å². The van der Waals surface area contributed by atoms with Crippen molar-refractivity contribution in [2.45, 2.75) is 110 Å². The number of rotatable bonds is 1. The van der Waals surface area contributed by atoms with Crippen LogP contribution in [0.5, 0.6) is 0 Å². The first kappa shape index (κ1) is 26.6. The summed E-state index contributed by atoms with van der Waals surface area (Å²) in [5, 5.41) is 0. The summed E-state index contributed by atoms with van der Waals surface area (Å²) >= 11 is 0. The first-order chi connectivity index (χ1) is 9.41. The van der Waals surface area contributed by atoms with Gasteiger partial charge in [-0.1, -0.05) is 109 Å². The van der Waals surface area contributed by atoms with Crippen LogP contribution in [0.15, 0.2) is 12.2 Å². The molecule has 0 aromatic rings. The third kappa shape index (κ3) is 36.7. The summed E-state index contributed by atoms with van der Waals surface area (Å²) in [6.45, 7) is 31.1. The Morgan fingerprint density at radius 3 is 0.727 bits per heavy atom. The van der Waals surface area contributed by atoms with Gasteiger partial charge in [-0.05, 0) is 34.5 Å². The van der Waals surface area contributed by atoms with Gasteiger partial charge in [-0.15, -0.1) is 0 Å². The molecule has 0 rings (SSSR count). The third-order valence-electron chi connectivity index (χ3n) is 2.71. The van der Waals surface area contributed by atoms with Crippen molar-refractivity contribution in [3.05, 3.63) is 12.2 Å². The molecule has 0 aromatic carbocycles. The van der Waals surface area contributed by atoms with Gasteiger partial charge in [0.05, 0.1) is 0 Å². The molecule has 0 aliphatic rings. The van der Waals surface area contributed by atoms with E-state index in [4.69, 9.17) is 0 Å². The van der Waals surface area contributed by atoms with Crippen LogP contribution in [0.2, 0.25) is 0 Å². The van der Waals surface area contributed by atoms with E-state index in [-0.39, 0.29) is 0 Å². The standard InChI is InChI=1S/C10H22.C10H20.C2H6/c2*1-9(2,3)7-8-10(4,5)6;1-2/h7-8H2,1-6H3;7-8H,1-6H3;1-2H3. The normalized spacial score (nSPS) is 13.2. The molecular weight excluding hydrogens is 264 g/mol. The Hall–Kier alpha value is -0.260. The first-order valence-corrected chi connectivity index (χ1v) is 9.12. The molecule has 0 aliphatic heterocycles. The van der Waals surface area contributed by atoms with Crippen LogP contribution in [0.4, 0.5) is 0 Å². The highest BCUT2D eigenvalue weighted by molar-refractivity contribution is 4.98. The molecule has 0 atom stereocenters. The summed E-state index contributed by atoms with van der Waals surface area (Å²) in [7, 11) is 0. The van der Waals surface area contributed by atoms with E-state index in [2.05, 4.69) is 95.2 Å². The highest BCUT2D eigenvalue weighted by Crippen LogP contribution is 2.29. The molecule has 0 saturated carbocycles. The zero-order chi connectivity index (χ0) is 18.8. The summed E-state index contributed by atoms with van der Waals surface area (Å²) in [6.07, 6.45) is 7.20. The minimum Gasteiger partial charge on any atom is -0.0826 e. The van der Waals surface area contributed by atoms with Gasteiger partial charge in [-0.2, -0.15) is 0 Å². The van der Waals surface area contributed by atoms with E-state index in [0.717, 1.165) is 0 Å². The van der Waals surface area contributed by atoms with Crippen molar-refractivity contribution in [3.8, 4) is 0 Å². The first-order valence-electron chi connectivity index (χ1n) is 9.12. The molecule has 0 nitrogen and oxygen atoms in total. The Bertz CT molecular complexity index is 235. The smallest absolute Gasteiger partial charge is 0.0203 e. The molecule has 0 heteroatoms. The molecule has 22 heavy (non-hydrogen) atoms. The predicted octanol–water partition coefficient (Wildman–Crippen LogP) is 8.52. The van der Waals surface area contributed by atoms with Gasteiger partial charge in [0.1, 0.15) is 0 Å². The van der Waals surface area contributed by atoms with Crippen LogP contribution in [-0.2, 0) is 0 Å². The SMILES string of the molecule is CC.CC(C)(C)C=CC(C)(C)C.CC(C)(C)CCC(C)(C)C. The summed E-state index contributed by atoms with van der Waals surface area (Å²) < 4.78 is 0. The maximum absolute atomic E-state index is 2.30. The lowest BCUT2D eigenvalue weighted by Gasteiger charge is -2.24. The Morgan fingerprint density at radius 2 is 0.636 bits per heavy atom. The van der Waals surface area contributed by atoms with Gasteiger partial charge in [-0.25, -0.2) is 0 Å². The van der Waals surface area contributed by atoms with E-state index in [1.54, 1.807) is 0 Å². The van der Waals surface area contributed by atoms with E-state index in [0.29, 0.717) is 21.7 Å². The number of hydrogen-bond donors (Lipinski definition) is 0. The summed E-state index contributed by atoms with van der Waals surface area (Å²) in [5.41, 5.74) is 1.67. The van der Waals surface area contributed by atoms with Crippen LogP contribution in [0.25, 0.3) is 0 Å². The lowest BCUT2D eigenvalue weighted by atomic mass is 9.81. The number of hydrogen-bond acceptors (Lipinski definition) is 0. The largest absolute Gasteiger partial charge is 0.0826 e. The van der Waals surface area contributed by atoms with Crippen LogP contribution in [0, 0.1) is 21.7 Å². The van der Waals surface area contributed by atoms with E-state index in [1.807, 2.05) is 13.8 Å². The van der Waals surface area contributed by atoms with Crippen LogP contribution >= 0.6 is 0 Å². The molecular formula is C22H48. The van der Waals surface area contributed by atoms with Gasteiger partial charge in [-0.3, -0.25) is 0 Å². The summed E-state index contributed by atoms with van der Waals surface area (Å²) in [4.78, 5) is 0. The van der Waals surface area contributed by atoms with Crippen molar-refractivity contribution in [2.24, 2.45) is 21.7 Å². The summed E-state index contributed by atoms with van der Waals surface area (Å²) in [5.74, 6) is 0. The van der Waals surface area contributed by atoms with Gasteiger partial charge < -0.3 is 0 Å². The molecule has 0 saturated heterocycles. The molecule has 136 valence electrons. The van der Waals surface area contributed by atoms with Crippen molar-refractivity contribution >= 4 is 0 Å². The fourth-order valence-electron chi connectivity index (χ4n) is 1.25. The fraction of sp³-hybridized carbons (Fsp3) is 0.909. The molecule has 0 aromatic heterocycles.